The second-order valence-corrected chi connectivity index (χ2v) is 9.29. The molecule has 3 heterocycles. The topological polar surface area (TPSA) is 43.4 Å². The van der Waals surface area contributed by atoms with Crippen LogP contribution in [-0.4, -0.2) is 43.0 Å². The van der Waals surface area contributed by atoms with Gasteiger partial charge in [-0.1, -0.05) is 24.3 Å². The lowest BCUT2D eigenvalue weighted by Gasteiger charge is -2.49. The van der Waals surface area contributed by atoms with E-state index < -0.39 is 0 Å². The summed E-state index contributed by atoms with van der Waals surface area (Å²) in [6.45, 7) is 3.18. The van der Waals surface area contributed by atoms with E-state index in [2.05, 4.69) is 34.6 Å². The third-order valence-electron chi connectivity index (χ3n) is 7.41. The maximum Gasteiger partial charge on any atom is 0.141 e. The van der Waals surface area contributed by atoms with Crippen LogP contribution in [0.15, 0.2) is 42.6 Å². The fraction of sp³-hybridized carbons (Fsp3) is 0.560. The van der Waals surface area contributed by atoms with Crippen LogP contribution in [-0.2, 0) is 27.7 Å². The van der Waals surface area contributed by atoms with Crippen molar-refractivity contribution in [3.63, 3.8) is 0 Å². The highest BCUT2D eigenvalue weighted by atomic mass is 19.1. The lowest BCUT2D eigenvalue weighted by atomic mass is 9.66. The molecule has 1 spiro atoms. The maximum absolute atomic E-state index is 13.6. The van der Waals surface area contributed by atoms with E-state index in [9.17, 15) is 4.39 Å². The minimum absolute atomic E-state index is 0.0816. The quantitative estimate of drug-likeness (QED) is 0.810. The van der Waals surface area contributed by atoms with Crippen molar-refractivity contribution in [3.05, 3.63) is 65.2 Å². The zero-order chi connectivity index (χ0) is 20.4. The van der Waals surface area contributed by atoms with Crippen molar-refractivity contribution in [3.8, 4) is 0 Å². The summed E-state index contributed by atoms with van der Waals surface area (Å²) in [6.07, 6.45) is 8.29. The van der Waals surface area contributed by atoms with Gasteiger partial charge in [-0.05, 0) is 74.8 Å². The molecule has 0 amide bonds. The Labute approximate surface area is 178 Å². The van der Waals surface area contributed by atoms with Crippen LogP contribution in [0.2, 0.25) is 0 Å². The number of nitrogens with zero attached hydrogens (tertiary/aromatic N) is 1. The molecule has 0 radical (unpaired) electrons. The van der Waals surface area contributed by atoms with Crippen LogP contribution in [0, 0.1) is 5.82 Å². The molecule has 2 fully saturated rings. The van der Waals surface area contributed by atoms with Crippen LogP contribution in [0.25, 0.3) is 0 Å². The number of aromatic nitrogens is 1. The number of halogens is 1. The summed E-state index contributed by atoms with van der Waals surface area (Å²) in [5.74, 6) is -0.274. The van der Waals surface area contributed by atoms with Crippen molar-refractivity contribution in [1.82, 2.24) is 10.3 Å². The summed E-state index contributed by atoms with van der Waals surface area (Å²) in [5.41, 5.74) is 3.74. The Morgan fingerprint density at radius 3 is 2.47 bits per heavy atom. The lowest BCUT2D eigenvalue weighted by Crippen LogP contribution is -2.51. The van der Waals surface area contributed by atoms with E-state index in [0.29, 0.717) is 6.04 Å². The van der Waals surface area contributed by atoms with Crippen molar-refractivity contribution in [2.45, 2.75) is 62.0 Å². The third-order valence-corrected chi connectivity index (χ3v) is 7.41. The van der Waals surface area contributed by atoms with Gasteiger partial charge in [0.1, 0.15) is 5.82 Å². The van der Waals surface area contributed by atoms with Crippen molar-refractivity contribution in [1.29, 1.82) is 0 Å². The number of pyridine rings is 1. The molecule has 1 N–H and O–H groups in total. The Kier molecular flexibility index (Phi) is 5.61. The van der Waals surface area contributed by atoms with Crippen molar-refractivity contribution in [2.75, 3.05) is 26.4 Å². The number of hydrogen-bond donors (Lipinski definition) is 1. The SMILES string of the molecule is Fc1ccc([C@]2(CCNC3Cc4ccccc4C3)CCOC3(CCOCC3)C2)nc1. The molecule has 0 unspecified atom stereocenters. The van der Waals surface area contributed by atoms with E-state index in [1.807, 2.05) is 6.07 Å². The summed E-state index contributed by atoms with van der Waals surface area (Å²) in [5, 5.41) is 3.81. The molecule has 1 aromatic heterocycles. The van der Waals surface area contributed by atoms with Gasteiger partial charge in [-0.15, -0.1) is 0 Å². The Morgan fingerprint density at radius 1 is 1.00 bits per heavy atom. The first-order valence-corrected chi connectivity index (χ1v) is 11.3. The van der Waals surface area contributed by atoms with Gasteiger partial charge in [0.2, 0.25) is 0 Å². The van der Waals surface area contributed by atoms with Crippen molar-refractivity contribution < 1.29 is 13.9 Å². The van der Waals surface area contributed by atoms with E-state index in [-0.39, 0.29) is 16.8 Å². The molecule has 4 nitrogen and oxygen atoms in total. The summed E-state index contributed by atoms with van der Waals surface area (Å²) in [7, 11) is 0. The largest absolute Gasteiger partial charge is 0.381 e. The molecule has 160 valence electrons. The number of ether oxygens (including phenoxy) is 2. The van der Waals surface area contributed by atoms with Crippen molar-refractivity contribution >= 4 is 0 Å². The minimum Gasteiger partial charge on any atom is -0.381 e. The van der Waals surface area contributed by atoms with Crippen LogP contribution in [0.5, 0.6) is 0 Å². The molecule has 2 saturated heterocycles. The molecule has 1 aromatic carbocycles. The van der Waals surface area contributed by atoms with E-state index in [0.717, 1.165) is 77.0 Å². The number of nitrogens with one attached hydrogen (secondary N) is 1. The average molecular weight is 411 g/mol. The molecule has 0 bridgehead atoms. The predicted molar refractivity (Wildman–Crippen MR) is 114 cm³/mol. The van der Waals surface area contributed by atoms with E-state index in [1.54, 1.807) is 6.07 Å². The zero-order valence-corrected chi connectivity index (χ0v) is 17.5. The lowest BCUT2D eigenvalue weighted by molar-refractivity contribution is -0.154. The van der Waals surface area contributed by atoms with Crippen LogP contribution >= 0.6 is 0 Å². The van der Waals surface area contributed by atoms with Crippen LogP contribution < -0.4 is 5.32 Å². The molecule has 5 rings (SSSR count). The standard InChI is InChI=1S/C25H31FN2O2/c26-21-5-6-23(28-17-21)24(8-14-30-25(18-24)9-12-29-13-10-25)7-11-27-22-15-19-3-1-2-4-20(19)16-22/h1-6,17,22,27H,7-16,18H2/t24-/m1/s1. The smallest absolute Gasteiger partial charge is 0.141 e. The van der Waals surface area contributed by atoms with Gasteiger partial charge in [-0.3, -0.25) is 4.98 Å². The Morgan fingerprint density at radius 2 is 1.77 bits per heavy atom. The monoisotopic (exact) mass is 410 g/mol. The second-order valence-electron chi connectivity index (χ2n) is 9.29. The van der Waals surface area contributed by atoms with Crippen LogP contribution in [0.4, 0.5) is 4.39 Å². The van der Waals surface area contributed by atoms with E-state index in [1.165, 1.54) is 17.3 Å². The molecule has 2 aromatic rings. The predicted octanol–water partition coefficient (Wildman–Crippen LogP) is 3.97. The maximum atomic E-state index is 13.6. The van der Waals surface area contributed by atoms with Gasteiger partial charge in [-0.2, -0.15) is 0 Å². The van der Waals surface area contributed by atoms with Gasteiger partial charge in [-0.25, -0.2) is 4.39 Å². The fourth-order valence-corrected chi connectivity index (χ4v) is 5.75. The summed E-state index contributed by atoms with van der Waals surface area (Å²) in [4.78, 5) is 4.55. The minimum atomic E-state index is -0.274. The first-order chi connectivity index (χ1) is 14.7. The summed E-state index contributed by atoms with van der Waals surface area (Å²) < 4.78 is 25.5. The summed E-state index contributed by atoms with van der Waals surface area (Å²) >= 11 is 0. The van der Waals surface area contributed by atoms with E-state index in [4.69, 9.17) is 9.47 Å². The Balaban J connectivity index is 1.31. The highest BCUT2D eigenvalue weighted by molar-refractivity contribution is 5.33. The average Bonchev–Trinajstić information content (AvgIpc) is 3.18. The molecule has 5 heteroatoms. The highest BCUT2D eigenvalue weighted by Gasteiger charge is 2.48. The highest BCUT2D eigenvalue weighted by Crippen LogP contribution is 2.47. The number of rotatable bonds is 5. The number of fused-ring (bicyclic) bond motifs is 1. The van der Waals surface area contributed by atoms with Crippen LogP contribution in [0.1, 0.15) is 48.9 Å². The first kappa shape index (κ1) is 20.1. The molecular formula is C25H31FN2O2. The van der Waals surface area contributed by atoms with Gasteiger partial charge in [0.15, 0.2) is 0 Å². The normalized spacial score (nSPS) is 26.0. The zero-order valence-electron chi connectivity index (χ0n) is 17.5. The third kappa shape index (κ3) is 4.03. The number of benzene rings is 1. The summed E-state index contributed by atoms with van der Waals surface area (Å²) in [6, 6.07) is 12.7. The van der Waals surface area contributed by atoms with Crippen LogP contribution in [0.3, 0.4) is 0 Å². The molecule has 1 aliphatic carbocycles. The van der Waals surface area contributed by atoms with Gasteiger partial charge in [0.25, 0.3) is 0 Å². The Bertz CT molecular complexity index is 835. The molecular weight excluding hydrogens is 379 g/mol. The second kappa shape index (κ2) is 8.37. The van der Waals surface area contributed by atoms with Gasteiger partial charge < -0.3 is 14.8 Å². The molecule has 30 heavy (non-hydrogen) atoms. The Hall–Kier alpha value is -1.82. The fourth-order valence-electron chi connectivity index (χ4n) is 5.75. The molecule has 3 aliphatic rings. The van der Waals surface area contributed by atoms with E-state index >= 15 is 0 Å². The molecule has 1 atom stereocenters. The first-order valence-electron chi connectivity index (χ1n) is 11.3. The molecule has 0 saturated carbocycles. The van der Waals surface area contributed by atoms with Gasteiger partial charge in [0, 0.05) is 37.0 Å². The van der Waals surface area contributed by atoms with Gasteiger partial charge in [0.05, 0.1) is 11.8 Å². The van der Waals surface area contributed by atoms with Crippen molar-refractivity contribution in [2.24, 2.45) is 0 Å². The number of hydrogen-bond acceptors (Lipinski definition) is 4. The molecule has 2 aliphatic heterocycles. The van der Waals surface area contributed by atoms with Gasteiger partial charge >= 0.3 is 0 Å².